The smallest absolute Gasteiger partial charge is 0.320 e. The maximum atomic E-state index is 13.2. The predicted molar refractivity (Wildman–Crippen MR) is 67.0 cm³/mol. The van der Waals surface area contributed by atoms with E-state index >= 15 is 0 Å². The zero-order valence-electron chi connectivity index (χ0n) is 10.8. The van der Waals surface area contributed by atoms with Gasteiger partial charge in [-0.1, -0.05) is 6.92 Å². The van der Waals surface area contributed by atoms with Gasteiger partial charge in [-0.15, -0.1) is 0 Å². The first kappa shape index (κ1) is 13.9. The number of carbonyl (C=O) groups is 1. The highest BCUT2D eigenvalue weighted by molar-refractivity contribution is 5.73. The van der Waals surface area contributed by atoms with E-state index in [0.29, 0.717) is 18.5 Å². The van der Waals surface area contributed by atoms with E-state index in [0.717, 1.165) is 19.0 Å². The van der Waals surface area contributed by atoms with Crippen molar-refractivity contribution in [3.63, 3.8) is 0 Å². The molecule has 2 unspecified atom stereocenters. The molecule has 0 bridgehead atoms. The summed E-state index contributed by atoms with van der Waals surface area (Å²) in [6.45, 7) is 3.07. The van der Waals surface area contributed by atoms with Crippen LogP contribution in [-0.4, -0.2) is 35.1 Å². The van der Waals surface area contributed by atoms with E-state index in [2.05, 4.69) is 0 Å². The van der Waals surface area contributed by atoms with Crippen LogP contribution in [0, 0.1) is 11.6 Å². The summed E-state index contributed by atoms with van der Waals surface area (Å²) >= 11 is 0. The fraction of sp³-hybridized carbons (Fsp3) is 0.500. The van der Waals surface area contributed by atoms with E-state index in [9.17, 15) is 13.6 Å². The molecule has 1 aliphatic heterocycles. The molecule has 0 aromatic heterocycles. The molecule has 2 rings (SSSR count). The molecule has 5 heteroatoms. The number of benzene rings is 1. The van der Waals surface area contributed by atoms with Crippen LogP contribution >= 0.6 is 0 Å². The van der Waals surface area contributed by atoms with Crippen LogP contribution in [0.1, 0.15) is 31.2 Å². The topological polar surface area (TPSA) is 40.5 Å². The van der Waals surface area contributed by atoms with Crippen LogP contribution in [0.3, 0.4) is 0 Å². The van der Waals surface area contributed by atoms with Gasteiger partial charge in [-0.05, 0) is 43.0 Å². The Morgan fingerprint density at radius 3 is 2.63 bits per heavy atom. The van der Waals surface area contributed by atoms with Crippen LogP contribution in [0.5, 0.6) is 0 Å². The molecular weight excluding hydrogens is 252 g/mol. The van der Waals surface area contributed by atoms with Crippen molar-refractivity contribution in [2.75, 3.05) is 13.1 Å². The van der Waals surface area contributed by atoms with E-state index < -0.39 is 23.6 Å². The zero-order valence-corrected chi connectivity index (χ0v) is 10.8. The number of hydrogen-bond acceptors (Lipinski definition) is 2. The highest BCUT2D eigenvalue weighted by Gasteiger charge is 2.31. The van der Waals surface area contributed by atoms with Crippen molar-refractivity contribution in [1.82, 2.24) is 4.90 Å². The van der Waals surface area contributed by atoms with Gasteiger partial charge in [0, 0.05) is 12.6 Å². The third kappa shape index (κ3) is 3.29. The minimum absolute atomic E-state index is 0.106. The summed E-state index contributed by atoms with van der Waals surface area (Å²) in [6.07, 6.45) is 1.49. The van der Waals surface area contributed by atoms with E-state index in [1.807, 2.05) is 11.8 Å². The van der Waals surface area contributed by atoms with Crippen LogP contribution in [0.2, 0.25) is 0 Å². The number of likely N-dealkylation sites (tertiary alicyclic amines) is 1. The van der Waals surface area contributed by atoms with Gasteiger partial charge < -0.3 is 5.11 Å². The monoisotopic (exact) mass is 269 g/mol. The first-order valence-electron chi connectivity index (χ1n) is 6.40. The van der Waals surface area contributed by atoms with E-state index in [4.69, 9.17) is 5.11 Å². The van der Waals surface area contributed by atoms with Crippen molar-refractivity contribution < 1.29 is 18.7 Å². The highest BCUT2D eigenvalue weighted by atomic mass is 19.1. The van der Waals surface area contributed by atoms with E-state index in [1.165, 1.54) is 12.1 Å². The summed E-state index contributed by atoms with van der Waals surface area (Å²) in [7, 11) is 0. The Morgan fingerprint density at radius 2 is 2.05 bits per heavy atom. The van der Waals surface area contributed by atoms with Crippen LogP contribution in [0.25, 0.3) is 0 Å². The molecule has 1 aromatic rings. The molecule has 0 amide bonds. The summed E-state index contributed by atoms with van der Waals surface area (Å²) in [5.41, 5.74) is 0.563. The van der Waals surface area contributed by atoms with E-state index in [-0.39, 0.29) is 5.92 Å². The molecule has 1 fully saturated rings. The minimum Gasteiger partial charge on any atom is -0.480 e. The maximum absolute atomic E-state index is 13.2. The van der Waals surface area contributed by atoms with Gasteiger partial charge in [-0.3, -0.25) is 9.69 Å². The number of rotatable bonds is 4. The number of aliphatic carboxylic acids is 1. The van der Waals surface area contributed by atoms with Crippen molar-refractivity contribution in [2.24, 2.45) is 0 Å². The van der Waals surface area contributed by atoms with Crippen LogP contribution in [-0.2, 0) is 4.79 Å². The van der Waals surface area contributed by atoms with Gasteiger partial charge in [-0.25, -0.2) is 8.78 Å². The fourth-order valence-electron chi connectivity index (χ4n) is 2.64. The van der Waals surface area contributed by atoms with Crippen LogP contribution in [0.4, 0.5) is 8.78 Å². The lowest BCUT2D eigenvalue weighted by Gasteiger charge is -2.25. The molecule has 0 spiro atoms. The van der Waals surface area contributed by atoms with Crippen molar-refractivity contribution in [2.45, 2.75) is 31.7 Å². The Morgan fingerprint density at radius 1 is 1.42 bits per heavy atom. The van der Waals surface area contributed by atoms with Gasteiger partial charge in [0.2, 0.25) is 0 Å². The lowest BCUT2D eigenvalue weighted by molar-refractivity contribution is -0.142. The predicted octanol–water partition coefficient (Wildman–Crippen LogP) is 2.62. The normalized spacial score (nSPS) is 21.5. The number of hydrogen-bond donors (Lipinski definition) is 1. The third-order valence-electron chi connectivity index (χ3n) is 3.61. The first-order chi connectivity index (χ1) is 8.97. The average molecular weight is 269 g/mol. The van der Waals surface area contributed by atoms with E-state index in [1.54, 1.807) is 0 Å². The molecule has 1 N–H and O–H groups in total. The van der Waals surface area contributed by atoms with Gasteiger partial charge in [0.25, 0.3) is 0 Å². The maximum Gasteiger partial charge on any atom is 0.320 e. The second kappa shape index (κ2) is 5.65. The van der Waals surface area contributed by atoms with Gasteiger partial charge >= 0.3 is 5.97 Å². The summed E-state index contributed by atoms with van der Waals surface area (Å²) in [5.74, 6) is -2.13. The SMILES string of the molecule is CC(CN1CCCC1C(=O)O)c1cc(F)cc(F)c1. The Kier molecular flexibility index (Phi) is 4.14. The lowest BCUT2D eigenvalue weighted by atomic mass is 10.00. The molecule has 1 saturated heterocycles. The molecule has 1 heterocycles. The molecule has 19 heavy (non-hydrogen) atoms. The van der Waals surface area contributed by atoms with Crippen molar-refractivity contribution >= 4 is 5.97 Å². The number of halogens is 2. The van der Waals surface area contributed by atoms with Crippen molar-refractivity contribution in [1.29, 1.82) is 0 Å². The summed E-state index contributed by atoms with van der Waals surface area (Å²) in [5, 5.41) is 9.09. The summed E-state index contributed by atoms with van der Waals surface area (Å²) < 4.78 is 26.3. The second-order valence-electron chi connectivity index (χ2n) is 5.10. The first-order valence-corrected chi connectivity index (χ1v) is 6.40. The van der Waals surface area contributed by atoms with Crippen LogP contribution < -0.4 is 0 Å². The molecule has 0 aliphatic carbocycles. The fourth-order valence-corrected chi connectivity index (χ4v) is 2.64. The second-order valence-corrected chi connectivity index (χ2v) is 5.10. The molecular formula is C14H17F2NO2. The molecule has 1 aromatic carbocycles. The Hall–Kier alpha value is -1.49. The Labute approximate surface area is 110 Å². The van der Waals surface area contributed by atoms with Gasteiger partial charge in [0.15, 0.2) is 0 Å². The molecule has 104 valence electrons. The molecule has 0 saturated carbocycles. The van der Waals surface area contributed by atoms with Crippen molar-refractivity contribution in [3.8, 4) is 0 Å². The van der Waals surface area contributed by atoms with Crippen LogP contribution in [0.15, 0.2) is 18.2 Å². The zero-order chi connectivity index (χ0) is 14.0. The third-order valence-corrected chi connectivity index (χ3v) is 3.61. The Balaban J connectivity index is 2.08. The van der Waals surface area contributed by atoms with Gasteiger partial charge in [-0.2, -0.15) is 0 Å². The summed E-state index contributed by atoms with van der Waals surface area (Å²) in [4.78, 5) is 12.9. The average Bonchev–Trinajstić information content (AvgIpc) is 2.75. The summed E-state index contributed by atoms with van der Waals surface area (Å²) in [6, 6.07) is 2.98. The number of carboxylic acid groups (broad SMARTS) is 1. The quantitative estimate of drug-likeness (QED) is 0.913. The highest BCUT2D eigenvalue weighted by Crippen LogP contribution is 2.24. The van der Waals surface area contributed by atoms with Gasteiger partial charge in [0.1, 0.15) is 17.7 Å². The standard InChI is InChI=1S/C14H17F2NO2/c1-9(10-5-11(15)7-12(16)6-10)8-17-4-2-3-13(17)14(18)19/h5-7,9,13H,2-4,8H2,1H3,(H,18,19). The number of carboxylic acids is 1. The molecule has 0 radical (unpaired) electrons. The molecule has 1 aliphatic rings. The molecule has 3 nitrogen and oxygen atoms in total. The number of nitrogens with zero attached hydrogens (tertiary/aromatic N) is 1. The Bertz CT molecular complexity index is 458. The lowest BCUT2D eigenvalue weighted by Crippen LogP contribution is -2.38. The van der Waals surface area contributed by atoms with Crippen molar-refractivity contribution in [3.05, 3.63) is 35.4 Å². The minimum atomic E-state index is -0.824. The largest absolute Gasteiger partial charge is 0.480 e. The molecule has 2 atom stereocenters. The van der Waals surface area contributed by atoms with Gasteiger partial charge in [0.05, 0.1) is 0 Å².